The lowest BCUT2D eigenvalue weighted by Gasteiger charge is -2.04. The number of carbonyl (C=O) groups is 1. The number of carbonyl (C=O) groups excluding carboxylic acids is 1. The number of thiazole rings is 1. The number of hydrogen-bond donors (Lipinski definition) is 3. The highest BCUT2D eigenvalue weighted by Crippen LogP contribution is 2.25. The summed E-state index contributed by atoms with van der Waals surface area (Å²) in [5.41, 5.74) is 9.11. The van der Waals surface area contributed by atoms with E-state index in [1.807, 2.05) is 30.3 Å². The predicted molar refractivity (Wildman–Crippen MR) is 91.9 cm³/mol. The van der Waals surface area contributed by atoms with Crippen molar-refractivity contribution in [2.24, 2.45) is 5.10 Å². The third-order valence-corrected chi connectivity index (χ3v) is 4.31. The van der Waals surface area contributed by atoms with Crippen molar-refractivity contribution in [1.82, 2.24) is 10.4 Å². The molecule has 23 heavy (non-hydrogen) atoms. The Hall–Kier alpha value is -2.93. The van der Waals surface area contributed by atoms with Gasteiger partial charge in [-0.1, -0.05) is 41.7 Å². The number of benzene rings is 2. The first kappa shape index (κ1) is 15.0. The van der Waals surface area contributed by atoms with Crippen LogP contribution in [0, 0.1) is 6.92 Å². The minimum absolute atomic E-state index is 0.0971. The van der Waals surface area contributed by atoms with Crippen molar-refractivity contribution in [3.8, 4) is 5.75 Å². The lowest BCUT2D eigenvalue weighted by Crippen LogP contribution is -2.17. The van der Waals surface area contributed by atoms with Crippen LogP contribution in [0.2, 0.25) is 0 Å². The molecule has 2 aromatic carbocycles. The molecule has 0 unspecified atom stereocenters. The molecule has 0 atom stereocenters. The van der Waals surface area contributed by atoms with Gasteiger partial charge in [-0.2, -0.15) is 5.10 Å². The Kier molecular flexibility index (Phi) is 3.94. The van der Waals surface area contributed by atoms with Crippen LogP contribution in [-0.4, -0.2) is 22.2 Å². The van der Waals surface area contributed by atoms with Gasteiger partial charge in [-0.15, -0.1) is 0 Å². The molecular formula is C16H14N4O2S. The zero-order valence-electron chi connectivity index (χ0n) is 12.3. The van der Waals surface area contributed by atoms with Gasteiger partial charge in [0.2, 0.25) is 0 Å². The summed E-state index contributed by atoms with van der Waals surface area (Å²) in [5, 5.41) is 16.1. The molecule has 4 N–H and O–H groups in total. The van der Waals surface area contributed by atoms with E-state index < -0.39 is 0 Å². The Bertz CT molecular complexity index is 918. The molecule has 0 spiro atoms. The highest BCUT2D eigenvalue weighted by atomic mass is 32.1. The van der Waals surface area contributed by atoms with Crippen LogP contribution in [0.1, 0.15) is 20.9 Å². The fraction of sp³-hybridized carbons (Fsp3) is 0.0625. The van der Waals surface area contributed by atoms with Gasteiger partial charge in [-0.3, -0.25) is 4.79 Å². The number of amides is 1. The highest BCUT2D eigenvalue weighted by Gasteiger charge is 2.13. The molecule has 0 aliphatic rings. The Balaban J connectivity index is 1.85. The average molecular weight is 326 g/mol. The van der Waals surface area contributed by atoms with E-state index in [0.29, 0.717) is 21.3 Å². The van der Waals surface area contributed by atoms with Crippen molar-refractivity contribution >= 4 is 39.4 Å². The summed E-state index contributed by atoms with van der Waals surface area (Å²) >= 11 is 1.11. The molecule has 0 saturated heterocycles. The molecule has 0 bridgehead atoms. The van der Waals surface area contributed by atoms with Crippen molar-refractivity contribution in [1.29, 1.82) is 0 Å². The van der Waals surface area contributed by atoms with Crippen molar-refractivity contribution in [3.05, 3.63) is 52.5 Å². The second-order valence-corrected chi connectivity index (χ2v) is 5.92. The molecule has 0 aliphatic carbocycles. The number of aromatic hydroxyl groups is 1. The number of nitrogens with one attached hydrogen (secondary N) is 1. The van der Waals surface area contributed by atoms with Crippen molar-refractivity contribution < 1.29 is 9.90 Å². The summed E-state index contributed by atoms with van der Waals surface area (Å²) in [6.45, 7) is 1.71. The van der Waals surface area contributed by atoms with Gasteiger partial charge in [0.1, 0.15) is 10.6 Å². The largest absolute Gasteiger partial charge is 0.507 e. The number of nitrogens with zero attached hydrogens (tertiary/aromatic N) is 2. The number of aryl methyl sites for hydroxylation is 1. The van der Waals surface area contributed by atoms with E-state index in [1.54, 1.807) is 13.0 Å². The molecule has 0 radical (unpaired) electrons. The van der Waals surface area contributed by atoms with E-state index in [4.69, 9.17) is 5.73 Å². The Morgan fingerprint density at radius 2 is 2.13 bits per heavy atom. The van der Waals surface area contributed by atoms with Gasteiger partial charge in [0.25, 0.3) is 5.91 Å². The smallest absolute Gasteiger partial charge is 0.283 e. The van der Waals surface area contributed by atoms with Crippen LogP contribution in [0.3, 0.4) is 0 Å². The van der Waals surface area contributed by atoms with Crippen LogP contribution in [0.4, 0.5) is 5.13 Å². The second-order valence-electron chi connectivity index (χ2n) is 4.89. The van der Waals surface area contributed by atoms with Crippen molar-refractivity contribution in [2.45, 2.75) is 6.92 Å². The van der Waals surface area contributed by atoms with Crippen LogP contribution in [0.5, 0.6) is 5.75 Å². The van der Waals surface area contributed by atoms with Crippen LogP contribution in [0.15, 0.2) is 41.5 Å². The number of nitrogen functional groups attached to an aromatic ring is 1. The lowest BCUT2D eigenvalue weighted by molar-refractivity contribution is 0.0958. The molecule has 7 heteroatoms. The van der Waals surface area contributed by atoms with E-state index >= 15 is 0 Å². The molecule has 3 rings (SSSR count). The maximum atomic E-state index is 12.0. The van der Waals surface area contributed by atoms with Crippen LogP contribution in [0.25, 0.3) is 10.8 Å². The monoisotopic (exact) mass is 326 g/mol. The standard InChI is InChI=1S/C16H14N4O2S/c1-9-14(23-16(17)19-9)15(22)20-18-8-12-11-5-3-2-4-10(11)6-7-13(12)21/h2-8,21H,1H3,(H2,17,19)(H,20,22)/b18-8-. The fourth-order valence-corrected chi connectivity index (χ4v) is 2.98. The lowest BCUT2D eigenvalue weighted by atomic mass is 10.0. The van der Waals surface area contributed by atoms with E-state index in [-0.39, 0.29) is 11.7 Å². The number of hydrogen-bond acceptors (Lipinski definition) is 6. The normalized spacial score (nSPS) is 11.2. The fourth-order valence-electron chi connectivity index (χ4n) is 2.25. The number of phenols is 1. The number of hydrazone groups is 1. The summed E-state index contributed by atoms with van der Waals surface area (Å²) in [6.07, 6.45) is 1.43. The van der Waals surface area contributed by atoms with Crippen LogP contribution in [-0.2, 0) is 0 Å². The summed E-state index contributed by atoms with van der Waals surface area (Å²) in [4.78, 5) is 16.5. The van der Waals surface area contributed by atoms with Gasteiger partial charge in [0.05, 0.1) is 11.9 Å². The van der Waals surface area contributed by atoms with Gasteiger partial charge in [-0.05, 0) is 23.8 Å². The van der Waals surface area contributed by atoms with Crippen LogP contribution >= 0.6 is 11.3 Å². The van der Waals surface area contributed by atoms with Gasteiger partial charge >= 0.3 is 0 Å². The molecule has 1 heterocycles. The van der Waals surface area contributed by atoms with Gasteiger partial charge in [0, 0.05) is 5.56 Å². The number of aromatic nitrogens is 1. The minimum Gasteiger partial charge on any atom is -0.507 e. The number of nitrogens with two attached hydrogens (primary N) is 1. The number of phenolic OH excluding ortho intramolecular Hbond substituents is 1. The average Bonchev–Trinajstić information content (AvgIpc) is 2.88. The van der Waals surface area contributed by atoms with E-state index in [9.17, 15) is 9.90 Å². The summed E-state index contributed by atoms with van der Waals surface area (Å²) in [6, 6.07) is 11.0. The second kappa shape index (κ2) is 6.05. The maximum Gasteiger partial charge on any atom is 0.283 e. The third-order valence-electron chi connectivity index (χ3n) is 3.33. The van der Waals surface area contributed by atoms with E-state index in [1.165, 1.54) is 6.21 Å². The van der Waals surface area contributed by atoms with Crippen molar-refractivity contribution in [3.63, 3.8) is 0 Å². The first-order valence-electron chi connectivity index (χ1n) is 6.83. The Labute approximate surface area is 136 Å². The van der Waals surface area contributed by atoms with E-state index in [0.717, 1.165) is 22.1 Å². The highest BCUT2D eigenvalue weighted by molar-refractivity contribution is 7.17. The van der Waals surface area contributed by atoms with Gasteiger partial charge in [0.15, 0.2) is 5.13 Å². The maximum absolute atomic E-state index is 12.0. The molecule has 0 fully saturated rings. The molecular weight excluding hydrogens is 312 g/mol. The molecule has 3 aromatic rings. The molecule has 0 saturated carbocycles. The van der Waals surface area contributed by atoms with Gasteiger partial charge < -0.3 is 10.8 Å². The third kappa shape index (κ3) is 3.00. The SMILES string of the molecule is Cc1nc(N)sc1C(=O)N/N=C\c1c(O)ccc2ccccc12. The Morgan fingerprint density at radius 3 is 2.87 bits per heavy atom. The molecule has 1 amide bonds. The topological polar surface area (TPSA) is 101 Å². The number of anilines is 1. The predicted octanol–water partition coefficient (Wildman–Crippen LogP) is 2.66. The quantitative estimate of drug-likeness (QED) is 0.509. The van der Waals surface area contributed by atoms with E-state index in [2.05, 4.69) is 15.5 Å². The summed E-state index contributed by atoms with van der Waals surface area (Å²) < 4.78 is 0. The summed E-state index contributed by atoms with van der Waals surface area (Å²) in [5.74, 6) is -0.285. The van der Waals surface area contributed by atoms with Crippen molar-refractivity contribution in [2.75, 3.05) is 5.73 Å². The molecule has 0 aliphatic heterocycles. The number of fused-ring (bicyclic) bond motifs is 1. The minimum atomic E-state index is -0.382. The zero-order chi connectivity index (χ0) is 16.4. The van der Waals surface area contributed by atoms with Gasteiger partial charge in [-0.25, -0.2) is 10.4 Å². The zero-order valence-corrected chi connectivity index (χ0v) is 13.1. The molecule has 1 aromatic heterocycles. The molecule has 6 nitrogen and oxygen atoms in total. The summed E-state index contributed by atoms with van der Waals surface area (Å²) in [7, 11) is 0. The Morgan fingerprint density at radius 1 is 1.35 bits per heavy atom. The first-order valence-corrected chi connectivity index (χ1v) is 7.65. The molecule has 116 valence electrons. The first-order chi connectivity index (χ1) is 11.1. The number of rotatable bonds is 3. The van der Waals surface area contributed by atoms with Crippen LogP contribution < -0.4 is 11.2 Å².